The summed E-state index contributed by atoms with van der Waals surface area (Å²) in [5, 5.41) is 13.8. The van der Waals surface area contributed by atoms with Gasteiger partial charge in [0.25, 0.3) is 0 Å². The molecule has 0 aromatic heterocycles. The molecular formula is C65H128N2O6P+. The Bertz CT molecular complexity index is 1300. The summed E-state index contributed by atoms with van der Waals surface area (Å²) in [6.07, 6.45) is 74.6. The monoisotopic (exact) mass is 1060 g/mol. The second kappa shape index (κ2) is 56.4. The molecule has 0 aliphatic rings. The highest BCUT2D eigenvalue weighted by Crippen LogP contribution is 2.43. The van der Waals surface area contributed by atoms with Crippen LogP contribution in [-0.2, 0) is 18.4 Å². The lowest BCUT2D eigenvalue weighted by Crippen LogP contribution is -2.45. The summed E-state index contributed by atoms with van der Waals surface area (Å²) in [5.41, 5.74) is 0. The Morgan fingerprint density at radius 2 is 0.743 bits per heavy atom. The second-order valence-corrected chi connectivity index (χ2v) is 24.9. The largest absolute Gasteiger partial charge is 0.472 e. The molecule has 0 aromatic rings. The minimum absolute atomic E-state index is 0.0577. The smallest absolute Gasteiger partial charge is 0.387 e. The van der Waals surface area contributed by atoms with Crippen LogP contribution in [0.4, 0.5) is 0 Å². The van der Waals surface area contributed by atoms with Crippen molar-refractivity contribution in [3.63, 3.8) is 0 Å². The summed E-state index contributed by atoms with van der Waals surface area (Å²) in [7, 11) is 1.56. The molecule has 0 fully saturated rings. The zero-order chi connectivity index (χ0) is 54.2. The van der Waals surface area contributed by atoms with Gasteiger partial charge in [0, 0.05) is 6.42 Å². The van der Waals surface area contributed by atoms with Crippen molar-refractivity contribution in [2.24, 2.45) is 0 Å². The van der Waals surface area contributed by atoms with Crippen molar-refractivity contribution in [3.8, 4) is 0 Å². The lowest BCUT2D eigenvalue weighted by Gasteiger charge is -2.25. The minimum Gasteiger partial charge on any atom is -0.387 e. The van der Waals surface area contributed by atoms with Crippen molar-refractivity contribution < 1.29 is 32.9 Å². The molecule has 0 rings (SSSR count). The van der Waals surface area contributed by atoms with E-state index in [2.05, 4.69) is 43.5 Å². The zero-order valence-corrected chi connectivity index (χ0v) is 51.0. The molecule has 1 amide bonds. The topological polar surface area (TPSA) is 105 Å². The number of quaternary nitrogens is 1. The predicted octanol–water partition coefficient (Wildman–Crippen LogP) is 20.1. The molecule has 3 N–H and O–H groups in total. The first-order chi connectivity index (χ1) is 36.0. The van der Waals surface area contributed by atoms with E-state index in [0.29, 0.717) is 17.4 Å². The van der Waals surface area contributed by atoms with E-state index in [4.69, 9.17) is 9.05 Å². The highest BCUT2D eigenvalue weighted by Gasteiger charge is 2.27. The molecule has 0 aliphatic heterocycles. The van der Waals surface area contributed by atoms with Crippen molar-refractivity contribution in [1.29, 1.82) is 0 Å². The van der Waals surface area contributed by atoms with E-state index in [1.807, 2.05) is 27.2 Å². The maximum atomic E-state index is 12.9. The Labute approximate surface area is 461 Å². The standard InChI is InChI=1S/C65H127N2O6P/c1-6-8-10-12-14-16-18-19-20-21-22-23-24-25-26-27-28-29-30-31-32-33-34-35-36-37-38-39-40-41-42-43-44-45-46-47-49-51-53-55-57-59-65(69)66-63(62-73-74(70,71)72-61-60-67(3,4)5)64(68)58-56-54-52-50-48-17-15-13-11-9-7-2/h21-22,48,50,56,58,63-64,68H,6-20,23-47,49,51-55,57,59-62H2,1-5H3,(H-,66,69,70,71)/p+1/b22-21-,50-48+,58-56+. The van der Waals surface area contributed by atoms with Gasteiger partial charge in [0.15, 0.2) is 0 Å². The van der Waals surface area contributed by atoms with Gasteiger partial charge in [-0.1, -0.05) is 294 Å². The lowest BCUT2D eigenvalue weighted by atomic mass is 10.0. The SMILES string of the molecule is CCCCCCC/C=C/CC/C=C/C(O)C(COP(=O)(O)OCC[N+](C)(C)C)NC(=O)CCCCCCCCCCCCCCCCCCCCCCCCCCCCCCC/C=C\CCCCCCCCCC. The number of nitrogens with zero attached hydrogens (tertiary/aromatic N) is 1. The number of allylic oxidation sites excluding steroid dienone is 5. The van der Waals surface area contributed by atoms with Crippen LogP contribution in [0.2, 0.25) is 0 Å². The van der Waals surface area contributed by atoms with Crippen LogP contribution >= 0.6 is 7.82 Å². The van der Waals surface area contributed by atoms with Gasteiger partial charge in [-0.15, -0.1) is 0 Å². The number of phosphoric ester groups is 1. The number of aliphatic hydroxyl groups is 1. The number of hydrogen-bond acceptors (Lipinski definition) is 5. The maximum absolute atomic E-state index is 12.9. The van der Waals surface area contributed by atoms with Crippen LogP contribution in [-0.4, -0.2) is 73.4 Å². The number of phosphoric acid groups is 1. The summed E-state index contributed by atoms with van der Waals surface area (Å²) in [5.74, 6) is -0.183. The third-order valence-corrected chi connectivity index (χ3v) is 15.8. The first kappa shape index (κ1) is 72.7. The van der Waals surface area contributed by atoms with Crippen LogP contribution < -0.4 is 5.32 Å². The third-order valence-electron chi connectivity index (χ3n) is 14.8. The number of carbonyl (C=O) groups excluding carboxylic acids is 1. The molecule has 9 heteroatoms. The highest BCUT2D eigenvalue weighted by molar-refractivity contribution is 7.47. The average molecular weight is 1060 g/mol. The summed E-state index contributed by atoms with van der Waals surface area (Å²) in [6, 6.07) is -0.860. The molecule has 8 nitrogen and oxygen atoms in total. The highest BCUT2D eigenvalue weighted by atomic mass is 31.2. The molecular weight excluding hydrogens is 936 g/mol. The first-order valence-electron chi connectivity index (χ1n) is 32.4. The van der Waals surface area contributed by atoms with Crippen LogP contribution in [0.3, 0.4) is 0 Å². The molecule has 0 spiro atoms. The molecule has 438 valence electrons. The lowest BCUT2D eigenvalue weighted by molar-refractivity contribution is -0.870. The predicted molar refractivity (Wildman–Crippen MR) is 323 cm³/mol. The van der Waals surface area contributed by atoms with Gasteiger partial charge in [0.05, 0.1) is 39.9 Å². The first-order valence-corrected chi connectivity index (χ1v) is 33.9. The van der Waals surface area contributed by atoms with Gasteiger partial charge in [-0.05, 0) is 57.8 Å². The number of rotatable bonds is 60. The Hall–Kier alpha value is -1.28. The second-order valence-electron chi connectivity index (χ2n) is 23.5. The Morgan fingerprint density at radius 1 is 0.446 bits per heavy atom. The number of carbonyl (C=O) groups is 1. The molecule has 74 heavy (non-hydrogen) atoms. The van der Waals surface area contributed by atoms with E-state index in [-0.39, 0.29) is 19.1 Å². The van der Waals surface area contributed by atoms with Crippen LogP contribution in [0, 0.1) is 0 Å². The summed E-state index contributed by atoms with van der Waals surface area (Å²) in [4.78, 5) is 23.2. The van der Waals surface area contributed by atoms with Gasteiger partial charge in [-0.25, -0.2) is 4.57 Å². The average Bonchev–Trinajstić information content (AvgIpc) is 3.36. The Kier molecular flexibility index (Phi) is 55.5. The number of unbranched alkanes of at least 4 members (excludes halogenated alkanes) is 43. The van der Waals surface area contributed by atoms with Gasteiger partial charge >= 0.3 is 7.82 Å². The van der Waals surface area contributed by atoms with Crippen LogP contribution in [0.1, 0.15) is 322 Å². The van der Waals surface area contributed by atoms with E-state index in [1.165, 1.54) is 263 Å². The summed E-state index contributed by atoms with van der Waals surface area (Å²) < 4.78 is 23.6. The van der Waals surface area contributed by atoms with Gasteiger partial charge in [-0.3, -0.25) is 13.8 Å². The fourth-order valence-electron chi connectivity index (χ4n) is 9.76. The van der Waals surface area contributed by atoms with E-state index in [9.17, 15) is 19.4 Å². The fraction of sp³-hybridized carbons (Fsp3) is 0.892. The summed E-state index contributed by atoms with van der Waals surface area (Å²) >= 11 is 0. The van der Waals surface area contributed by atoms with Crippen molar-refractivity contribution in [1.82, 2.24) is 5.32 Å². The molecule has 0 saturated carbocycles. The molecule has 0 bridgehead atoms. The number of aliphatic hydroxyl groups excluding tert-OH is 1. The van der Waals surface area contributed by atoms with E-state index in [1.54, 1.807) is 6.08 Å². The van der Waals surface area contributed by atoms with Crippen molar-refractivity contribution in [2.45, 2.75) is 334 Å². The molecule has 3 atom stereocenters. The van der Waals surface area contributed by atoms with Gasteiger partial charge in [0.2, 0.25) is 5.91 Å². The van der Waals surface area contributed by atoms with Gasteiger partial charge in [0.1, 0.15) is 13.2 Å². The molecule has 0 aliphatic carbocycles. The number of amides is 1. The Morgan fingerprint density at radius 3 is 1.08 bits per heavy atom. The van der Waals surface area contributed by atoms with Gasteiger partial charge < -0.3 is 19.8 Å². The molecule has 0 radical (unpaired) electrons. The van der Waals surface area contributed by atoms with Gasteiger partial charge in [-0.2, -0.15) is 0 Å². The van der Waals surface area contributed by atoms with E-state index >= 15 is 0 Å². The zero-order valence-electron chi connectivity index (χ0n) is 50.1. The van der Waals surface area contributed by atoms with Crippen LogP contribution in [0.15, 0.2) is 36.5 Å². The van der Waals surface area contributed by atoms with Crippen molar-refractivity contribution >= 4 is 13.7 Å². The van der Waals surface area contributed by atoms with E-state index in [0.717, 1.165) is 38.5 Å². The number of hydrogen-bond donors (Lipinski definition) is 3. The quantitative estimate of drug-likeness (QED) is 0.0243. The molecule has 0 heterocycles. The van der Waals surface area contributed by atoms with E-state index < -0.39 is 20.0 Å². The molecule has 3 unspecified atom stereocenters. The van der Waals surface area contributed by atoms with Crippen molar-refractivity contribution in [2.75, 3.05) is 40.9 Å². The normalized spacial score (nSPS) is 14.0. The third kappa shape index (κ3) is 58.4. The van der Waals surface area contributed by atoms with Crippen LogP contribution in [0.5, 0.6) is 0 Å². The van der Waals surface area contributed by atoms with Crippen molar-refractivity contribution in [3.05, 3.63) is 36.5 Å². The molecule has 0 aromatic carbocycles. The number of likely N-dealkylation sites (N-methyl/N-ethyl adjacent to an activating group) is 1. The fourth-order valence-corrected chi connectivity index (χ4v) is 10.5. The Balaban J connectivity index is 3.78. The molecule has 0 saturated heterocycles. The minimum atomic E-state index is -4.35. The number of nitrogens with one attached hydrogen (secondary N) is 1. The summed E-state index contributed by atoms with van der Waals surface area (Å²) in [6.45, 7) is 4.79. The van der Waals surface area contributed by atoms with Crippen LogP contribution in [0.25, 0.3) is 0 Å². The maximum Gasteiger partial charge on any atom is 0.472 e.